The molecule has 4 N–H and O–H groups in total. The van der Waals surface area contributed by atoms with Gasteiger partial charge in [-0.2, -0.15) is 0 Å². The van der Waals surface area contributed by atoms with E-state index in [0.29, 0.717) is 0 Å². The Morgan fingerprint density at radius 1 is 0.524 bits per heavy atom. The molecule has 0 heterocycles. The van der Waals surface area contributed by atoms with Crippen molar-refractivity contribution < 1.29 is 0 Å². The van der Waals surface area contributed by atoms with Crippen LogP contribution in [0.3, 0.4) is 0 Å². The summed E-state index contributed by atoms with van der Waals surface area (Å²) in [5.41, 5.74) is 13.2. The van der Waals surface area contributed by atoms with Gasteiger partial charge in [0.25, 0.3) is 0 Å². The van der Waals surface area contributed by atoms with Crippen LogP contribution in [-0.4, -0.2) is 11.1 Å². The maximum Gasteiger partial charge on any atom is 0.0390 e. The smallest absolute Gasteiger partial charge is 0.0390 e. The highest BCUT2D eigenvalue weighted by molar-refractivity contribution is 8.93. The lowest BCUT2D eigenvalue weighted by molar-refractivity contribution is 0.0186. The highest BCUT2D eigenvalue weighted by Crippen LogP contribution is 2.48. The zero-order valence-corrected chi connectivity index (χ0v) is 21.4. The summed E-state index contributed by atoms with van der Waals surface area (Å²) in [5.74, 6) is 0. The zero-order valence-electron chi connectivity index (χ0n) is 14.5. The Labute approximate surface area is 175 Å². The summed E-state index contributed by atoms with van der Waals surface area (Å²) >= 11 is 0. The van der Waals surface area contributed by atoms with Gasteiger partial charge in [-0.05, 0) is 43.9 Å². The summed E-state index contributed by atoms with van der Waals surface area (Å²) in [4.78, 5) is 0. The van der Waals surface area contributed by atoms with Crippen molar-refractivity contribution in [3.8, 4) is 0 Å². The molecular weight excluding hydrogens is 528 g/mol. The summed E-state index contributed by atoms with van der Waals surface area (Å²) in [6, 6.07) is 0. The molecule has 0 aliphatic carbocycles. The summed E-state index contributed by atoms with van der Waals surface area (Å²) in [6.45, 7) is 13.3. The van der Waals surface area contributed by atoms with Crippen LogP contribution in [0.2, 0.25) is 0 Å². The lowest BCUT2D eigenvalue weighted by Crippen LogP contribution is -2.72. The molecule has 0 radical (unpaired) electrons. The molecule has 0 amide bonds. The van der Waals surface area contributed by atoms with Gasteiger partial charge in [0.1, 0.15) is 0 Å². The SMILES string of the molecule is Br.Br.Br.Br.CCC(N)(CC)C(N)(CC)C(CC)(CC)CC. The number of hydrogen-bond donors (Lipinski definition) is 2. The van der Waals surface area contributed by atoms with E-state index in [2.05, 4.69) is 41.5 Å². The number of halogens is 4. The van der Waals surface area contributed by atoms with Gasteiger partial charge in [0.05, 0.1) is 0 Å². The standard InChI is InChI=1S/C15H34N2.4BrH/c1-7-13(8-2,9-3)15(17,12-6)14(16,10-4)11-5;;;;/h7-12,16-17H2,1-6H3;4*1H. The molecule has 0 spiro atoms. The van der Waals surface area contributed by atoms with Gasteiger partial charge in [-0.1, -0.05) is 41.5 Å². The van der Waals surface area contributed by atoms with Crippen molar-refractivity contribution in [2.45, 2.75) is 91.1 Å². The van der Waals surface area contributed by atoms with Gasteiger partial charge in [-0.15, -0.1) is 67.9 Å². The highest BCUT2D eigenvalue weighted by Gasteiger charge is 2.53. The average Bonchev–Trinajstić information content (AvgIpc) is 2.39. The van der Waals surface area contributed by atoms with E-state index < -0.39 is 0 Å². The molecule has 6 heteroatoms. The Bertz CT molecular complexity index is 223. The van der Waals surface area contributed by atoms with Crippen LogP contribution < -0.4 is 11.5 Å². The van der Waals surface area contributed by atoms with Crippen molar-refractivity contribution in [1.82, 2.24) is 0 Å². The van der Waals surface area contributed by atoms with Gasteiger partial charge >= 0.3 is 0 Å². The molecule has 136 valence electrons. The number of hydrogen-bond acceptors (Lipinski definition) is 2. The molecule has 0 fully saturated rings. The second-order valence-corrected chi connectivity index (χ2v) is 5.53. The molecule has 0 rings (SSSR count). The molecule has 0 saturated heterocycles. The lowest BCUT2D eigenvalue weighted by atomic mass is 9.54. The van der Waals surface area contributed by atoms with Gasteiger partial charge in [0.15, 0.2) is 0 Å². The van der Waals surface area contributed by atoms with Gasteiger partial charge < -0.3 is 11.5 Å². The molecule has 0 aromatic heterocycles. The molecule has 0 aromatic carbocycles. The van der Waals surface area contributed by atoms with E-state index in [1.165, 1.54) is 0 Å². The van der Waals surface area contributed by atoms with Crippen molar-refractivity contribution in [2.24, 2.45) is 16.9 Å². The monoisotopic (exact) mass is 562 g/mol. The first-order valence-electron chi connectivity index (χ1n) is 7.44. The molecule has 0 saturated carbocycles. The van der Waals surface area contributed by atoms with Crippen molar-refractivity contribution in [3.63, 3.8) is 0 Å². The fraction of sp³-hybridized carbons (Fsp3) is 1.00. The molecular formula is C15H38Br4N2. The first-order chi connectivity index (χ1) is 7.86. The Morgan fingerprint density at radius 3 is 0.952 bits per heavy atom. The number of rotatable bonds is 8. The van der Waals surface area contributed by atoms with E-state index in [0.717, 1.165) is 38.5 Å². The van der Waals surface area contributed by atoms with Gasteiger partial charge in [0, 0.05) is 11.1 Å². The van der Waals surface area contributed by atoms with Crippen molar-refractivity contribution >= 4 is 67.9 Å². The molecule has 0 bridgehead atoms. The summed E-state index contributed by atoms with van der Waals surface area (Å²) in [7, 11) is 0. The second kappa shape index (κ2) is 14.2. The Morgan fingerprint density at radius 2 is 0.810 bits per heavy atom. The van der Waals surface area contributed by atoms with Crippen molar-refractivity contribution in [1.29, 1.82) is 0 Å². The first-order valence-corrected chi connectivity index (χ1v) is 7.44. The van der Waals surface area contributed by atoms with Gasteiger partial charge in [-0.25, -0.2) is 0 Å². The largest absolute Gasteiger partial charge is 0.324 e. The molecule has 1 atom stereocenters. The van der Waals surface area contributed by atoms with Crippen LogP contribution in [0.5, 0.6) is 0 Å². The third-order valence-corrected chi connectivity index (χ3v) is 5.68. The third kappa shape index (κ3) is 6.00. The maximum atomic E-state index is 6.88. The minimum atomic E-state index is -0.262. The molecule has 0 aliphatic heterocycles. The van der Waals surface area contributed by atoms with E-state index >= 15 is 0 Å². The molecule has 2 nitrogen and oxygen atoms in total. The van der Waals surface area contributed by atoms with Crippen molar-refractivity contribution in [2.75, 3.05) is 0 Å². The Kier molecular flexibility index (Phi) is 23.2. The zero-order chi connectivity index (χ0) is 13.7. The maximum absolute atomic E-state index is 6.88. The fourth-order valence-electron chi connectivity index (χ4n) is 3.83. The average molecular weight is 566 g/mol. The normalized spacial score (nSPS) is 13.7. The predicted molar refractivity (Wildman–Crippen MR) is 119 cm³/mol. The van der Waals surface area contributed by atoms with E-state index in [1.54, 1.807) is 0 Å². The topological polar surface area (TPSA) is 52.0 Å². The fourth-order valence-corrected chi connectivity index (χ4v) is 3.83. The lowest BCUT2D eigenvalue weighted by Gasteiger charge is -2.57. The molecule has 21 heavy (non-hydrogen) atoms. The van der Waals surface area contributed by atoms with Crippen LogP contribution >= 0.6 is 67.9 Å². The quantitative estimate of drug-likeness (QED) is 0.371. The van der Waals surface area contributed by atoms with Crippen molar-refractivity contribution in [3.05, 3.63) is 0 Å². The van der Waals surface area contributed by atoms with Crippen LogP contribution in [0.25, 0.3) is 0 Å². The summed E-state index contributed by atoms with van der Waals surface area (Å²) in [5, 5.41) is 0. The van der Waals surface area contributed by atoms with Crippen LogP contribution in [0.4, 0.5) is 0 Å². The first kappa shape index (κ1) is 34.2. The minimum absolute atomic E-state index is 0. The van der Waals surface area contributed by atoms with Crippen LogP contribution in [0.1, 0.15) is 80.1 Å². The predicted octanol–water partition coefficient (Wildman–Crippen LogP) is 6.14. The molecule has 0 aromatic rings. The molecule has 0 aliphatic rings. The van der Waals surface area contributed by atoms with Gasteiger partial charge in [0.2, 0.25) is 0 Å². The van der Waals surface area contributed by atoms with E-state index in [-0.39, 0.29) is 84.4 Å². The van der Waals surface area contributed by atoms with E-state index in [1.807, 2.05) is 0 Å². The summed E-state index contributed by atoms with van der Waals surface area (Å²) < 4.78 is 0. The minimum Gasteiger partial charge on any atom is -0.324 e. The third-order valence-electron chi connectivity index (χ3n) is 5.68. The second-order valence-electron chi connectivity index (χ2n) is 5.53. The highest BCUT2D eigenvalue weighted by atomic mass is 79.9. The number of nitrogens with two attached hydrogens (primary N) is 2. The molecule has 1 unspecified atom stereocenters. The Hall–Kier alpha value is 1.84. The Balaban J connectivity index is -0.000000213. The van der Waals surface area contributed by atoms with E-state index in [4.69, 9.17) is 11.5 Å². The van der Waals surface area contributed by atoms with Crippen LogP contribution in [0.15, 0.2) is 0 Å². The van der Waals surface area contributed by atoms with Crippen LogP contribution in [0, 0.1) is 5.41 Å². The van der Waals surface area contributed by atoms with E-state index in [9.17, 15) is 0 Å². The van der Waals surface area contributed by atoms with Gasteiger partial charge in [-0.3, -0.25) is 0 Å². The summed E-state index contributed by atoms with van der Waals surface area (Å²) in [6.07, 6.45) is 6.21. The van der Waals surface area contributed by atoms with Crippen LogP contribution in [-0.2, 0) is 0 Å².